The van der Waals surface area contributed by atoms with E-state index in [1.54, 1.807) is 19.1 Å². The first kappa shape index (κ1) is 25.9. The van der Waals surface area contributed by atoms with Gasteiger partial charge >= 0.3 is 5.97 Å². The topological polar surface area (TPSA) is 102 Å². The number of benzene rings is 3. The van der Waals surface area contributed by atoms with Crippen LogP contribution in [-0.2, 0) is 19.6 Å². The SMILES string of the molecule is COc1cc(F)cc(-c2ccc3c(c2)N(S(=O)(=O)c2cccc(C)c2)C[C@H](CC2(C(=O)O)COC2)O3)c1F. The van der Waals surface area contributed by atoms with Gasteiger partial charge in [-0.2, -0.15) is 0 Å². The summed E-state index contributed by atoms with van der Waals surface area (Å²) in [6, 6.07) is 12.7. The predicted octanol–water partition coefficient (Wildman–Crippen LogP) is 4.40. The predicted molar refractivity (Wildman–Crippen MR) is 134 cm³/mol. The molecule has 5 rings (SSSR count). The minimum absolute atomic E-state index is 0.000695. The van der Waals surface area contributed by atoms with Gasteiger partial charge in [-0.05, 0) is 48.4 Å². The number of aryl methyl sites for hydroxylation is 1. The first-order valence-electron chi connectivity index (χ1n) is 11.8. The minimum Gasteiger partial charge on any atom is -0.494 e. The summed E-state index contributed by atoms with van der Waals surface area (Å²) in [4.78, 5) is 12.0. The van der Waals surface area contributed by atoms with E-state index in [2.05, 4.69) is 0 Å². The number of carboxylic acid groups (broad SMARTS) is 1. The first-order chi connectivity index (χ1) is 18.0. The van der Waals surface area contributed by atoms with Crippen LogP contribution < -0.4 is 13.8 Å². The fraction of sp³-hybridized carbons (Fsp3) is 0.296. The molecule has 0 aromatic heterocycles. The Kier molecular flexibility index (Phi) is 6.52. The van der Waals surface area contributed by atoms with Crippen LogP contribution in [-0.4, -0.2) is 52.5 Å². The van der Waals surface area contributed by atoms with Crippen LogP contribution >= 0.6 is 0 Å². The second-order valence-corrected chi connectivity index (χ2v) is 11.4. The Morgan fingerprint density at radius 1 is 1.16 bits per heavy atom. The van der Waals surface area contributed by atoms with Crippen molar-refractivity contribution in [2.75, 3.05) is 31.2 Å². The molecule has 0 unspecified atom stereocenters. The fourth-order valence-corrected chi connectivity index (χ4v) is 6.36. The summed E-state index contributed by atoms with van der Waals surface area (Å²) in [5.74, 6) is -2.69. The van der Waals surface area contributed by atoms with Crippen LogP contribution in [0.3, 0.4) is 0 Å². The molecular formula is C27H25F2NO7S. The van der Waals surface area contributed by atoms with Crippen molar-refractivity contribution in [2.24, 2.45) is 5.41 Å². The normalized spacial score (nSPS) is 18.2. The monoisotopic (exact) mass is 545 g/mol. The van der Waals surface area contributed by atoms with E-state index in [4.69, 9.17) is 14.2 Å². The Labute approximate surface area is 218 Å². The molecule has 0 amide bonds. The van der Waals surface area contributed by atoms with Crippen LogP contribution in [0.1, 0.15) is 12.0 Å². The summed E-state index contributed by atoms with van der Waals surface area (Å²) in [5.41, 5.74) is -0.231. The summed E-state index contributed by atoms with van der Waals surface area (Å²) in [5, 5.41) is 9.75. The van der Waals surface area contributed by atoms with Gasteiger partial charge in [-0.25, -0.2) is 17.2 Å². The minimum atomic E-state index is -4.14. The van der Waals surface area contributed by atoms with Gasteiger partial charge < -0.3 is 19.3 Å². The number of halogens is 2. The van der Waals surface area contributed by atoms with Crippen LogP contribution in [0.2, 0.25) is 0 Å². The molecule has 0 spiro atoms. The number of nitrogens with zero attached hydrogens (tertiary/aromatic N) is 1. The number of hydrogen-bond donors (Lipinski definition) is 1. The van der Waals surface area contributed by atoms with E-state index in [1.165, 1.54) is 37.4 Å². The standard InChI is InChI=1S/C27H25F2NO7S/c1-16-4-3-5-20(8-16)38(33,34)30-13-19(12-27(26(31)32)14-36-15-27)37-23-7-6-17(9-22(23)30)21-10-18(28)11-24(35-2)25(21)29/h3-11,19H,12-15H2,1-2H3,(H,31,32)/t19-/m0/s1. The molecule has 200 valence electrons. The number of anilines is 1. The van der Waals surface area contributed by atoms with Crippen molar-refractivity contribution in [3.05, 3.63) is 71.8 Å². The number of sulfonamides is 1. The zero-order chi connectivity index (χ0) is 27.2. The molecule has 0 saturated carbocycles. The van der Waals surface area contributed by atoms with E-state index in [0.717, 1.165) is 22.0 Å². The number of ether oxygens (including phenoxy) is 3. The maximum atomic E-state index is 15.1. The number of aliphatic carboxylic acids is 1. The molecule has 0 bridgehead atoms. The van der Waals surface area contributed by atoms with Gasteiger partial charge in [0.15, 0.2) is 11.6 Å². The van der Waals surface area contributed by atoms with Gasteiger partial charge in [0.2, 0.25) is 0 Å². The van der Waals surface area contributed by atoms with Gasteiger partial charge in [-0.3, -0.25) is 9.10 Å². The highest BCUT2D eigenvalue weighted by Gasteiger charge is 2.49. The zero-order valence-corrected chi connectivity index (χ0v) is 21.4. The Bertz CT molecular complexity index is 1520. The Morgan fingerprint density at radius 3 is 2.55 bits per heavy atom. The summed E-state index contributed by atoms with van der Waals surface area (Å²) >= 11 is 0. The highest BCUT2D eigenvalue weighted by Crippen LogP contribution is 2.44. The molecular weight excluding hydrogens is 520 g/mol. The largest absolute Gasteiger partial charge is 0.494 e. The van der Waals surface area contributed by atoms with Gasteiger partial charge in [0.25, 0.3) is 10.0 Å². The highest BCUT2D eigenvalue weighted by molar-refractivity contribution is 7.92. The lowest BCUT2D eigenvalue weighted by atomic mass is 9.80. The van der Waals surface area contributed by atoms with Crippen LogP contribution in [0.15, 0.2) is 59.5 Å². The van der Waals surface area contributed by atoms with Gasteiger partial charge in [-0.15, -0.1) is 0 Å². The average molecular weight is 546 g/mol. The van der Waals surface area contributed by atoms with E-state index in [9.17, 15) is 22.7 Å². The van der Waals surface area contributed by atoms with Crippen LogP contribution in [0.25, 0.3) is 11.1 Å². The summed E-state index contributed by atoms with van der Waals surface area (Å²) in [6.45, 7) is 1.58. The van der Waals surface area contributed by atoms with Crippen molar-refractivity contribution in [1.29, 1.82) is 0 Å². The number of methoxy groups -OCH3 is 1. The molecule has 11 heteroatoms. The smallest absolute Gasteiger partial charge is 0.314 e. The molecule has 3 aromatic rings. The van der Waals surface area contributed by atoms with E-state index < -0.39 is 39.1 Å². The number of carboxylic acids is 1. The van der Waals surface area contributed by atoms with E-state index >= 15 is 4.39 Å². The molecule has 1 saturated heterocycles. The summed E-state index contributed by atoms with van der Waals surface area (Å²) < 4.78 is 74.3. The second kappa shape index (κ2) is 9.55. The van der Waals surface area contributed by atoms with Crippen molar-refractivity contribution in [2.45, 2.75) is 24.3 Å². The number of rotatable bonds is 7. The van der Waals surface area contributed by atoms with Gasteiger partial charge in [0.1, 0.15) is 23.1 Å². The molecule has 2 aliphatic heterocycles. The molecule has 2 heterocycles. The molecule has 2 aliphatic rings. The Balaban J connectivity index is 1.62. The summed E-state index contributed by atoms with van der Waals surface area (Å²) in [7, 11) is -2.93. The van der Waals surface area contributed by atoms with Crippen molar-refractivity contribution in [3.63, 3.8) is 0 Å². The quantitative estimate of drug-likeness (QED) is 0.470. The van der Waals surface area contributed by atoms with Crippen LogP contribution in [0.5, 0.6) is 11.5 Å². The van der Waals surface area contributed by atoms with Crippen molar-refractivity contribution in [3.8, 4) is 22.6 Å². The van der Waals surface area contributed by atoms with Gasteiger partial charge in [-0.1, -0.05) is 18.2 Å². The lowest BCUT2D eigenvalue weighted by Gasteiger charge is -2.42. The average Bonchev–Trinajstić information content (AvgIpc) is 2.86. The number of fused-ring (bicyclic) bond motifs is 1. The van der Waals surface area contributed by atoms with Gasteiger partial charge in [0.05, 0.1) is 37.5 Å². The van der Waals surface area contributed by atoms with Crippen LogP contribution in [0, 0.1) is 24.0 Å². The number of carbonyl (C=O) groups is 1. The van der Waals surface area contributed by atoms with Gasteiger partial charge in [0, 0.05) is 18.1 Å². The van der Waals surface area contributed by atoms with E-state index in [-0.39, 0.29) is 59.4 Å². The molecule has 0 radical (unpaired) electrons. The summed E-state index contributed by atoms with van der Waals surface area (Å²) in [6.07, 6.45) is -0.766. The van der Waals surface area contributed by atoms with E-state index in [0.29, 0.717) is 0 Å². The van der Waals surface area contributed by atoms with E-state index in [1.807, 2.05) is 0 Å². The zero-order valence-electron chi connectivity index (χ0n) is 20.6. The molecule has 1 atom stereocenters. The third kappa shape index (κ3) is 4.45. The van der Waals surface area contributed by atoms with Crippen molar-refractivity contribution < 1.29 is 41.3 Å². The Hall–Kier alpha value is -3.70. The molecule has 8 nitrogen and oxygen atoms in total. The molecule has 1 fully saturated rings. The molecule has 3 aromatic carbocycles. The molecule has 0 aliphatic carbocycles. The third-order valence-corrected chi connectivity index (χ3v) is 8.61. The second-order valence-electron chi connectivity index (χ2n) is 9.53. The maximum absolute atomic E-state index is 15.1. The highest BCUT2D eigenvalue weighted by atomic mass is 32.2. The fourth-order valence-electron chi connectivity index (χ4n) is 4.75. The molecule has 38 heavy (non-hydrogen) atoms. The lowest BCUT2D eigenvalue weighted by molar-refractivity contribution is -0.184. The van der Waals surface area contributed by atoms with Crippen molar-refractivity contribution >= 4 is 21.7 Å². The van der Waals surface area contributed by atoms with Crippen molar-refractivity contribution in [1.82, 2.24) is 0 Å². The van der Waals surface area contributed by atoms with Crippen LogP contribution in [0.4, 0.5) is 14.5 Å². The Morgan fingerprint density at radius 2 is 1.92 bits per heavy atom. The third-order valence-electron chi connectivity index (χ3n) is 6.83. The first-order valence-corrected chi connectivity index (χ1v) is 13.2. The molecule has 1 N–H and O–H groups in total. The maximum Gasteiger partial charge on any atom is 0.314 e. The number of hydrogen-bond acceptors (Lipinski definition) is 6. The lowest BCUT2D eigenvalue weighted by Crippen LogP contribution is -2.54.